The van der Waals surface area contributed by atoms with E-state index in [0.717, 1.165) is 29.1 Å². The molecule has 0 saturated carbocycles. The number of hydrogen-bond acceptors (Lipinski definition) is 5. The Balaban J connectivity index is 1.34. The van der Waals surface area contributed by atoms with Gasteiger partial charge in [0.25, 0.3) is 5.91 Å². The van der Waals surface area contributed by atoms with Crippen molar-refractivity contribution in [1.82, 2.24) is 24.8 Å². The normalized spacial score (nSPS) is 17.7. The van der Waals surface area contributed by atoms with E-state index >= 15 is 0 Å². The van der Waals surface area contributed by atoms with Crippen LogP contribution in [0.1, 0.15) is 34.9 Å². The number of likely N-dealkylation sites (tertiary alicyclic amines) is 2. The van der Waals surface area contributed by atoms with Crippen LogP contribution in [-0.4, -0.2) is 62.5 Å². The lowest BCUT2D eigenvalue weighted by molar-refractivity contribution is -0.128. The highest BCUT2D eigenvalue weighted by atomic mass is 32.2. The van der Waals surface area contributed by atoms with Gasteiger partial charge in [0, 0.05) is 36.5 Å². The van der Waals surface area contributed by atoms with Crippen LogP contribution < -0.4 is 0 Å². The fraction of sp³-hybridized carbons (Fsp3) is 0.444. The van der Waals surface area contributed by atoms with Gasteiger partial charge in [0.1, 0.15) is 5.69 Å². The lowest BCUT2D eigenvalue weighted by Crippen LogP contribution is -2.50. The van der Waals surface area contributed by atoms with E-state index in [9.17, 15) is 9.59 Å². The molecule has 8 heteroatoms. The average molecular weight is 371 g/mol. The molecule has 0 N–H and O–H groups in total. The molecule has 0 bridgehead atoms. The van der Waals surface area contributed by atoms with Crippen LogP contribution in [0.25, 0.3) is 0 Å². The van der Waals surface area contributed by atoms with Crippen LogP contribution in [0.2, 0.25) is 0 Å². The minimum absolute atomic E-state index is 0.0557. The summed E-state index contributed by atoms with van der Waals surface area (Å²) in [5.41, 5.74) is 1.53. The first-order chi connectivity index (χ1) is 12.6. The predicted molar refractivity (Wildman–Crippen MR) is 97.8 cm³/mol. The van der Waals surface area contributed by atoms with Gasteiger partial charge >= 0.3 is 0 Å². The molecule has 4 rings (SSSR count). The predicted octanol–water partition coefficient (Wildman–Crippen LogP) is 1.82. The van der Waals surface area contributed by atoms with Gasteiger partial charge < -0.3 is 9.80 Å². The second-order valence-corrected chi connectivity index (χ2v) is 7.58. The van der Waals surface area contributed by atoms with E-state index in [1.54, 1.807) is 11.8 Å². The van der Waals surface area contributed by atoms with Crippen LogP contribution in [-0.2, 0) is 11.3 Å². The molecule has 26 heavy (non-hydrogen) atoms. The number of hydrogen-bond donors (Lipinski definition) is 0. The van der Waals surface area contributed by atoms with Crippen LogP contribution in [0.4, 0.5) is 0 Å². The van der Waals surface area contributed by atoms with Gasteiger partial charge in [0.05, 0.1) is 18.8 Å². The number of carbonyl (C=O) groups is 2. The maximum atomic E-state index is 12.6. The van der Waals surface area contributed by atoms with Crippen molar-refractivity contribution < 1.29 is 9.59 Å². The third-order valence-corrected chi connectivity index (χ3v) is 5.65. The van der Waals surface area contributed by atoms with Gasteiger partial charge in [0.15, 0.2) is 0 Å². The number of carbonyl (C=O) groups excluding carboxylic acids is 2. The number of rotatable bonds is 5. The second-order valence-electron chi connectivity index (χ2n) is 6.70. The average Bonchev–Trinajstić information content (AvgIpc) is 3.23. The van der Waals surface area contributed by atoms with Gasteiger partial charge in [-0.1, -0.05) is 11.3 Å². The first-order valence-electron chi connectivity index (χ1n) is 8.76. The van der Waals surface area contributed by atoms with Crippen LogP contribution in [0.15, 0.2) is 35.4 Å². The number of benzene rings is 1. The molecule has 0 aliphatic carbocycles. The molecular formula is C18H21N5O2S. The Labute approximate surface area is 156 Å². The Morgan fingerprint density at radius 1 is 1.35 bits per heavy atom. The zero-order valence-electron chi connectivity index (χ0n) is 14.7. The molecule has 1 aromatic heterocycles. The summed E-state index contributed by atoms with van der Waals surface area (Å²) < 4.78 is 1.82. The van der Waals surface area contributed by atoms with Gasteiger partial charge in [0.2, 0.25) is 5.91 Å². The van der Waals surface area contributed by atoms with Crippen LogP contribution in [0.5, 0.6) is 0 Å². The van der Waals surface area contributed by atoms with Crippen molar-refractivity contribution >= 4 is 23.6 Å². The zero-order chi connectivity index (χ0) is 18.1. The highest BCUT2D eigenvalue weighted by Gasteiger charge is 2.33. The maximum absolute atomic E-state index is 12.6. The summed E-state index contributed by atoms with van der Waals surface area (Å²) in [6.45, 7) is 2.59. The Bertz CT molecular complexity index is 830. The van der Waals surface area contributed by atoms with E-state index in [0.29, 0.717) is 26.1 Å². The Morgan fingerprint density at radius 3 is 2.92 bits per heavy atom. The summed E-state index contributed by atoms with van der Waals surface area (Å²) in [5.74, 6) is 0.243. The lowest BCUT2D eigenvalue weighted by atomic mass is 10.1. The second kappa shape index (κ2) is 7.11. The smallest absolute Gasteiger partial charge is 0.254 e. The van der Waals surface area contributed by atoms with Crippen molar-refractivity contribution in [1.29, 1.82) is 0 Å². The topological polar surface area (TPSA) is 71.3 Å². The van der Waals surface area contributed by atoms with Crippen molar-refractivity contribution in [2.75, 3.05) is 25.9 Å². The third-order valence-electron chi connectivity index (χ3n) is 4.92. The molecule has 2 aliphatic heterocycles. The molecule has 2 amide bonds. The summed E-state index contributed by atoms with van der Waals surface area (Å²) in [5, 5.41) is 8.37. The minimum Gasteiger partial charge on any atom is -0.337 e. The van der Waals surface area contributed by atoms with Gasteiger partial charge in [-0.25, -0.2) is 4.68 Å². The van der Waals surface area contributed by atoms with Crippen molar-refractivity contribution in [3.8, 4) is 0 Å². The molecule has 0 unspecified atom stereocenters. The number of thioether (sulfide) groups is 1. The SMILES string of the molecule is CSc1cccc(C(=O)N2CC(n3cc(CN4CCCC4=O)nn3)C2)c1. The highest BCUT2D eigenvalue weighted by Crippen LogP contribution is 2.24. The fourth-order valence-corrected chi connectivity index (χ4v) is 3.82. The molecule has 0 radical (unpaired) electrons. The van der Waals surface area contributed by atoms with Crippen LogP contribution in [0.3, 0.4) is 0 Å². The molecular weight excluding hydrogens is 350 g/mol. The van der Waals surface area contributed by atoms with Gasteiger partial charge in [-0.2, -0.15) is 0 Å². The van der Waals surface area contributed by atoms with Crippen LogP contribution in [0, 0.1) is 0 Å². The summed E-state index contributed by atoms with van der Waals surface area (Å²) in [7, 11) is 0. The number of nitrogens with zero attached hydrogens (tertiary/aromatic N) is 5. The van der Waals surface area contributed by atoms with Crippen molar-refractivity contribution in [2.24, 2.45) is 0 Å². The monoisotopic (exact) mass is 371 g/mol. The Morgan fingerprint density at radius 2 is 2.19 bits per heavy atom. The molecule has 136 valence electrons. The summed E-state index contributed by atoms with van der Waals surface area (Å²) in [4.78, 5) is 29.0. The van der Waals surface area contributed by atoms with E-state index in [2.05, 4.69) is 10.3 Å². The van der Waals surface area contributed by atoms with Crippen LogP contribution >= 0.6 is 11.8 Å². The number of amides is 2. The molecule has 2 saturated heterocycles. The summed E-state index contributed by atoms with van der Waals surface area (Å²) in [6.07, 6.45) is 5.45. The summed E-state index contributed by atoms with van der Waals surface area (Å²) >= 11 is 1.63. The largest absolute Gasteiger partial charge is 0.337 e. The summed E-state index contributed by atoms with van der Waals surface area (Å²) in [6, 6.07) is 7.86. The molecule has 2 aliphatic rings. The first-order valence-corrected chi connectivity index (χ1v) is 9.98. The van der Waals surface area contributed by atoms with E-state index < -0.39 is 0 Å². The highest BCUT2D eigenvalue weighted by molar-refractivity contribution is 7.98. The molecule has 2 aromatic rings. The molecule has 2 fully saturated rings. The third kappa shape index (κ3) is 3.33. The van der Waals surface area contributed by atoms with E-state index in [-0.39, 0.29) is 17.9 Å². The molecule has 7 nitrogen and oxygen atoms in total. The maximum Gasteiger partial charge on any atom is 0.254 e. The first kappa shape index (κ1) is 17.1. The zero-order valence-corrected chi connectivity index (χ0v) is 15.5. The fourth-order valence-electron chi connectivity index (χ4n) is 3.36. The lowest BCUT2D eigenvalue weighted by Gasteiger charge is -2.38. The van der Waals surface area contributed by atoms with E-state index in [1.807, 2.05) is 51.2 Å². The number of aromatic nitrogens is 3. The van der Waals surface area contributed by atoms with Gasteiger partial charge in [-0.15, -0.1) is 16.9 Å². The standard InChI is InChI=1S/C18H21N5O2S/c1-26-16-5-2-4-13(8-16)18(25)22-11-15(12-22)23-10-14(19-20-23)9-21-7-3-6-17(21)24/h2,4-5,8,10,15H,3,6-7,9,11-12H2,1H3. The van der Waals surface area contributed by atoms with Gasteiger partial charge in [-0.3, -0.25) is 9.59 Å². The van der Waals surface area contributed by atoms with E-state index in [1.165, 1.54) is 0 Å². The van der Waals surface area contributed by atoms with E-state index in [4.69, 9.17) is 0 Å². The van der Waals surface area contributed by atoms with Crippen molar-refractivity contribution in [3.05, 3.63) is 41.7 Å². The molecule has 3 heterocycles. The molecule has 0 spiro atoms. The minimum atomic E-state index is 0.0557. The molecule has 1 aromatic carbocycles. The van der Waals surface area contributed by atoms with Crippen molar-refractivity contribution in [3.63, 3.8) is 0 Å². The van der Waals surface area contributed by atoms with Gasteiger partial charge in [-0.05, 0) is 30.9 Å². The quantitative estimate of drug-likeness (QED) is 0.750. The Hall–Kier alpha value is -2.35. The molecule has 0 atom stereocenters. The van der Waals surface area contributed by atoms with Crippen molar-refractivity contribution in [2.45, 2.75) is 30.3 Å². The Kier molecular flexibility index (Phi) is 4.67.